The molecule has 0 unspecified atom stereocenters. The van der Waals surface area contributed by atoms with Crippen molar-refractivity contribution in [2.75, 3.05) is 24.6 Å². The lowest BCUT2D eigenvalue weighted by atomic mass is 9.90. The van der Waals surface area contributed by atoms with E-state index in [4.69, 9.17) is 4.74 Å². The van der Waals surface area contributed by atoms with Gasteiger partial charge in [-0.2, -0.15) is 5.10 Å². The van der Waals surface area contributed by atoms with Crippen molar-refractivity contribution >= 4 is 11.9 Å². The van der Waals surface area contributed by atoms with E-state index in [1.165, 1.54) is 25.3 Å². The molecule has 0 spiro atoms. The number of benzene rings is 1. The van der Waals surface area contributed by atoms with Crippen LogP contribution >= 0.6 is 0 Å². The normalized spacial score (nSPS) is 20.6. The van der Waals surface area contributed by atoms with Gasteiger partial charge in [0.1, 0.15) is 11.6 Å². The summed E-state index contributed by atoms with van der Waals surface area (Å²) in [6.45, 7) is 9.30. The summed E-state index contributed by atoms with van der Waals surface area (Å²) in [5.74, 6) is 2.99. The molecule has 2 aromatic heterocycles. The number of anilines is 1. The van der Waals surface area contributed by atoms with Crippen LogP contribution in [0, 0.1) is 30.5 Å². The van der Waals surface area contributed by atoms with Gasteiger partial charge in [0.15, 0.2) is 0 Å². The van der Waals surface area contributed by atoms with E-state index in [9.17, 15) is 14.3 Å². The fourth-order valence-electron chi connectivity index (χ4n) is 6.48. The Morgan fingerprint density at radius 2 is 1.93 bits per heavy atom. The molecule has 1 aromatic carbocycles. The van der Waals surface area contributed by atoms with Crippen molar-refractivity contribution < 1.29 is 19.0 Å². The predicted octanol–water partition coefficient (Wildman–Crippen LogP) is 4.30. The second-order valence-electron chi connectivity index (χ2n) is 13.0. The first-order chi connectivity index (χ1) is 20.1. The first kappa shape index (κ1) is 28.6. The summed E-state index contributed by atoms with van der Waals surface area (Å²) in [7, 11) is 0. The summed E-state index contributed by atoms with van der Waals surface area (Å²) in [5.41, 5.74) is 2.39. The second kappa shape index (κ2) is 11.6. The number of halogens is 1. The Balaban J connectivity index is 0.913. The lowest BCUT2D eigenvalue weighted by Gasteiger charge is -2.32. The van der Waals surface area contributed by atoms with E-state index >= 15 is 0 Å². The Kier molecular flexibility index (Phi) is 7.91. The van der Waals surface area contributed by atoms with Gasteiger partial charge in [-0.15, -0.1) is 0 Å². The standard InChI is InChI=1S/C32H41FN6O3/c1-21-15-34-31(35-16-21)37-9-6-22(7-10-37)27-12-23(27)8-11-42-26-5-4-24(28(33)14-26)13-30(40)38-17-25-18-39(20-32(2,3)41)36-29(25)19-38/h4-5,14-16,18,22-23,27,41H,6-13,17,19-20H2,1-3H3/t23-,27-/m1/s1. The highest BCUT2D eigenvalue weighted by atomic mass is 19.1. The summed E-state index contributed by atoms with van der Waals surface area (Å²) in [5, 5.41) is 14.5. The fourth-order valence-corrected chi connectivity index (χ4v) is 6.48. The predicted molar refractivity (Wildman–Crippen MR) is 156 cm³/mol. The number of carbonyl (C=O) groups excluding carboxylic acids is 1. The SMILES string of the molecule is Cc1cnc(N2CCC([C@H]3C[C@H]3CCOc3ccc(CC(=O)N4Cc5cn(CC(C)(C)O)nc5C4)c(F)c3)CC2)nc1. The van der Waals surface area contributed by atoms with Gasteiger partial charge in [-0.1, -0.05) is 6.07 Å². The molecule has 9 nitrogen and oxygen atoms in total. The Morgan fingerprint density at radius 1 is 1.17 bits per heavy atom. The van der Waals surface area contributed by atoms with Gasteiger partial charge in [0.2, 0.25) is 11.9 Å². The summed E-state index contributed by atoms with van der Waals surface area (Å²) in [4.78, 5) is 25.8. The van der Waals surface area contributed by atoms with Crippen LogP contribution in [0.1, 0.15) is 61.9 Å². The highest BCUT2D eigenvalue weighted by Gasteiger charge is 2.43. The maximum atomic E-state index is 14.9. The Labute approximate surface area is 246 Å². The van der Waals surface area contributed by atoms with E-state index in [2.05, 4.69) is 20.0 Å². The minimum absolute atomic E-state index is 0.00132. The molecule has 3 aromatic rings. The van der Waals surface area contributed by atoms with Crippen LogP contribution in [0.5, 0.6) is 5.75 Å². The van der Waals surface area contributed by atoms with Crippen molar-refractivity contribution in [1.29, 1.82) is 0 Å². The number of nitrogens with zero attached hydrogens (tertiary/aromatic N) is 6. The molecule has 6 rings (SSSR count). The van der Waals surface area contributed by atoms with Crippen LogP contribution in [0.25, 0.3) is 0 Å². The number of aliphatic hydroxyl groups is 1. The van der Waals surface area contributed by atoms with E-state index in [-0.39, 0.29) is 12.3 Å². The highest BCUT2D eigenvalue weighted by Crippen LogP contribution is 2.49. The number of amides is 1. The third-order valence-electron chi connectivity index (χ3n) is 8.82. The Bertz CT molecular complexity index is 1390. The number of aromatic nitrogens is 4. The molecule has 2 aliphatic heterocycles. The highest BCUT2D eigenvalue weighted by molar-refractivity contribution is 5.79. The zero-order valence-electron chi connectivity index (χ0n) is 24.8. The van der Waals surface area contributed by atoms with E-state index in [1.54, 1.807) is 35.6 Å². The lowest BCUT2D eigenvalue weighted by Crippen LogP contribution is -2.35. The topological polar surface area (TPSA) is 96.6 Å². The molecule has 224 valence electrons. The fraction of sp³-hybridized carbons (Fsp3) is 0.562. The van der Waals surface area contributed by atoms with Gasteiger partial charge in [0.05, 0.1) is 37.4 Å². The van der Waals surface area contributed by atoms with E-state index in [1.807, 2.05) is 25.5 Å². The quantitative estimate of drug-likeness (QED) is 0.385. The average molecular weight is 577 g/mol. The molecule has 2 fully saturated rings. The molecule has 10 heteroatoms. The maximum absolute atomic E-state index is 14.9. The molecule has 2 atom stereocenters. The van der Waals surface area contributed by atoms with Crippen LogP contribution in [0.15, 0.2) is 36.8 Å². The number of carbonyl (C=O) groups is 1. The van der Waals surface area contributed by atoms with Crippen molar-refractivity contribution in [3.63, 3.8) is 0 Å². The van der Waals surface area contributed by atoms with Gasteiger partial charge in [-0.25, -0.2) is 14.4 Å². The summed E-state index contributed by atoms with van der Waals surface area (Å²) >= 11 is 0. The number of fused-ring (bicyclic) bond motifs is 1. The number of hydrogen-bond acceptors (Lipinski definition) is 7. The summed E-state index contributed by atoms with van der Waals surface area (Å²) in [6, 6.07) is 4.82. The molecule has 0 bridgehead atoms. The zero-order valence-corrected chi connectivity index (χ0v) is 24.8. The van der Waals surface area contributed by atoms with Crippen LogP contribution in [0.2, 0.25) is 0 Å². The van der Waals surface area contributed by atoms with E-state index in [0.717, 1.165) is 54.1 Å². The molecule has 42 heavy (non-hydrogen) atoms. The number of aryl methyl sites for hydroxylation is 1. The van der Waals surface area contributed by atoms with Crippen molar-refractivity contribution in [2.24, 2.45) is 17.8 Å². The monoisotopic (exact) mass is 576 g/mol. The van der Waals surface area contributed by atoms with Gasteiger partial charge < -0.3 is 19.6 Å². The van der Waals surface area contributed by atoms with Crippen molar-refractivity contribution in [2.45, 2.75) is 78.1 Å². The molecular weight excluding hydrogens is 535 g/mol. The molecule has 1 aliphatic carbocycles. The maximum Gasteiger partial charge on any atom is 0.227 e. The van der Waals surface area contributed by atoms with Gasteiger partial charge in [0.25, 0.3) is 0 Å². The molecule has 4 heterocycles. The molecular formula is C32H41FN6O3. The number of hydrogen-bond donors (Lipinski definition) is 1. The Morgan fingerprint density at radius 3 is 2.62 bits per heavy atom. The molecule has 3 aliphatic rings. The molecule has 1 saturated carbocycles. The molecule has 0 radical (unpaired) electrons. The van der Waals surface area contributed by atoms with Crippen LogP contribution in [-0.4, -0.2) is 61.0 Å². The van der Waals surface area contributed by atoms with Crippen molar-refractivity contribution in [3.05, 3.63) is 65.0 Å². The first-order valence-corrected chi connectivity index (χ1v) is 15.1. The van der Waals surface area contributed by atoms with Crippen molar-refractivity contribution in [1.82, 2.24) is 24.6 Å². The van der Waals surface area contributed by atoms with Crippen LogP contribution in [-0.2, 0) is 30.8 Å². The van der Waals surface area contributed by atoms with Gasteiger partial charge in [-0.05, 0) is 81.4 Å². The Hall–Kier alpha value is -3.53. The third-order valence-corrected chi connectivity index (χ3v) is 8.82. The second-order valence-corrected chi connectivity index (χ2v) is 13.0. The molecule has 1 N–H and O–H groups in total. The smallest absolute Gasteiger partial charge is 0.227 e. The number of rotatable bonds is 10. The molecule has 1 amide bonds. The van der Waals surface area contributed by atoms with Gasteiger partial charge >= 0.3 is 0 Å². The van der Waals surface area contributed by atoms with Gasteiger partial charge in [-0.3, -0.25) is 9.48 Å². The van der Waals surface area contributed by atoms with Gasteiger partial charge in [0, 0.05) is 49.9 Å². The lowest BCUT2D eigenvalue weighted by molar-refractivity contribution is -0.131. The van der Waals surface area contributed by atoms with Crippen LogP contribution < -0.4 is 9.64 Å². The summed E-state index contributed by atoms with van der Waals surface area (Å²) < 4.78 is 22.5. The third kappa shape index (κ3) is 6.75. The average Bonchev–Trinajstić information content (AvgIpc) is 3.46. The zero-order chi connectivity index (χ0) is 29.4. The van der Waals surface area contributed by atoms with Crippen LogP contribution in [0.4, 0.5) is 10.3 Å². The number of ether oxygens (including phenoxy) is 1. The largest absolute Gasteiger partial charge is 0.493 e. The first-order valence-electron chi connectivity index (χ1n) is 15.1. The molecule has 1 saturated heterocycles. The minimum Gasteiger partial charge on any atom is -0.493 e. The van der Waals surface area contributed by atoms with Crippen LogP contribution in [0.3, 0.4) is 0 Å². The van der Waals surface area contributed by atoms with E-state index < -0.39 is 11.4 Å². The van der Waals surface area contributed by atoms with Crippen molar-refractivity contribution in [3.8, 4) is 5.75 Å². The summed E-state index contributed by atoms with van der Waals surface area (Å²) in [6.07, 6.45) is 10.2. The minimum atomic E-state index is -0.861. The van der Waals surface area contributed by atoms with E-state index in [0.29, 0.717) is 43.5 Å². The number of piperidine rings is 1.